The highest BCUT2D eigenvalue weighted by atomic mass is 32.1. The summed E-state index contributed by atoms with van der Waals surface area (Å²) in [5.74, 6) is 0.542. The summed E-state index contributed by atoms with van der Waals surface area (Å²) in [6, 6.07) is 0. The SMILES string of the molecule is CCC1COC(=S)C1S. The number of thiol groups is 1. The van der Waals surface area contributed by atoms with Gasteiger partial charge in [0.2, 0.25) is 0 Å². The monoisotopic (exact) mass is 162 g/mol. The minimum atomic E-state index is 0.199. The zero-order valence-electron chi connectivity index (χ0n) is 5.33. The molecule has 1 aliphatic heterocycles. The van der Waals surface area contributed by atoms with Crippen LogP contribution in [0.25, 0.3) is 0 Å². The molecule has 2 unspecified atom stereocenters. The third-order valence-corrected chi connectivity index (χ3v) is 2.85. The molecule has 0 aromatic rings. The lowest BCUT2D eigenvalue weighted by atomic mass is 10.1. The molecule has 1 heterocycles. The van der Waals surface area contributed by atoms with Gasteiger partial charge < -0.3 is 4.74 Å². The Labute approximate surface area is 66.2 Å². The topological polar surface area (TPSA) is 9.23 Å². The first-order valence-corrected chi connectivity index (χ1v) is 4.03. The average Bonchev–Trinajstić information content (AvgIpc) is 2.15. The maximum absolute atomic E-state index is 5.12. The van der Waals surface area contributed by atoms with E-state index in [-0.39, 0.29) is 5.25 Å². The molecule has 9 heavy (non-hydrogen) atoms. The zero-order chi connectivity index (χ0) is 6.85. The van der Waals surface area contributed by atoms with Crippen LogP contribution in [0.2, 0.25) is 0 Å². The fraction of sp³-hybridized carbons (Fsp3) is 0.833. The van der Waals surface area contributed by atoms with Gasteiger partial charge in [0.15, 0.2) is 5.05 Å². The molecule has 0 aromatic heterocycles. The fourth-order valence-corrected chi connectivity index (χ4v) is 1.53. The van der Waals surface area contributed by atoms with Crippen molar-refractivity contribution in [2.45, 2.75) is 18.6 Å². The molecule has 0 aliphatic carbocycles. The predicted molar refractivity (Wildman–Crippen MR) is 45.1 cm³/mol. The first-order chi connectivity index (χ1) is 4.25. The van der Waals surface area contributed by atoms with Crippen LogP contribution in [-0.2, 0) is 4.74 Å². The summed E-state index contributed by atoms with van der Waals surface area (Å²) in [4.78, 5) is 0. The number of rotatable bonds is 1. The van der Waals surface area contributed by atoms with E-state index >= 15 is 0 Å². The summed E-state index contributed by atoms with van der Waals surface area (Å²) < 4.78 is 5.12. The van der Waals surface area contributed by atoms with Crippen LogP contribution in [-0.4, -0.2) is 16.9 Å². The standard InChI is InChI=1S/C6H10OS2/c1-2-4-3-7-6(9)5(4)8/h4-5,8H,2-3H2,1H3. The minimum absolute atomic E-state index is 0.199. The van der Waals surface area contributed by atoms with Gasteiger partial charge in [-0.1, -0.05) is 6.92 Å². The van der Waals surface area contributed by atoms with Gasteiger partial charge in [-0.05, 0) is 18.6 Å². The van der Waals surface area contributed by atoms with Gasteiger partial charge in [-0.15, -0.1) is 0 Å². The lowest BCUT2D eigenvalue weighted by molar-refractivity contribution is 0.302. The van der Waals surface area contributed by atoms with E-state index in [0.29, 0.717) is 11.0 Å². The molecular formula is C6H10OS2. The summed E-state index contributed by atoms with van der Waals surface area (Å²) >= 11 is 9.18. The molecule has 0 saturated carbocycles. The Kier molecular flexibility index (Phi) is 2.35. The highest BCUT2D eigenvalue weighted by Gasteiger charge is 2.28. The Hall–Kier alpha value is 0.240. The van der Waals surface area contributed by atoms with Crippen LogP contribution < -0.4 is 0 Å². The molecule has 0 N–H and O–H groups in total. The Bertz CT molecular complexity index is 124. The average molecular weight is 162 g/mol. The van der Waals surface area contributed by atoms with Crippen molar-refractivity contribution < 1.29 is 4.74 Å². The highest BCUT2D eigenvalue weighted by Crippen LogP contribution is 2.23. The molecule has 3 heteroatoms. The summed E-state index contributed by atoms with van der Waals surface area (Å²) in [7, 11) is 0. The minimum Gasteiger partial charge on any atom is -0.486 e. The van der Waals surface area contributed by atoms with E-state index in [1.54, 1.807) is 0 Å². The van der Waals surface area contributed by atoms with Gasteiger partial charge in [0.1, 0.15) is 0 Å². The van der Waals surface area contributed by atoms with E-state index in [1.807, 2.05) is 0 Å². The van der Waals surface area contributed by atoms with Gasteiger partial charge in [0.05, 0.1) is 11.9 Å². The third kappa shape index (κ3) is 1.38. The smallest absolute Gasteiger partial charge is 0.172 e. The third-order valence-electron chi connectivity index (χ3n) is 1.65. The molecular weight excluding hydrogens is 152 g/mol. The molecule has 1 rings (SSSR count). The van der Waals surface area contributed by atoms with Gasteiger partial charge in [-0.25, -0.2) is 0 Å². The van der Waals surface area contributed by atoms with Crippen molar-refractivity contribution in [1.82, 2.24) is 0 Å². The van der Waals surface area contributed by atoms with E-state index in [2.05, 4.69) is 19.6 Å². The predicted octanol–water partition coefficient (Wildman–Crippen LogP) is 1.67. The number of ether oxygens (including phenoxy) is 1. The summed E-state index contributed by atoms with van der Waals surface area (Å²) in [5, 5.41) is 0.871. The maximum Gasteiger partial charge on any atom is 0.172 e. The summed E-state index contributed by atoms with van der Waals surface area (Å²) in [6.45, 7) is 2.90. The molecule has 0 spiro atoms. The number of hydrogen-bond donors (Lipinski definition) is 1. The Morgan fingerprint density at radius 2 is 2.56 bits per heavy atom. The van der Waals surface area contributed by atoms with Gasteiger partial charge in [0.25, 0.3) is 0 Å². The van der Waals surface area contributed by atoms with E-state index in [4.69, 9.17) is 17.0 Å². The zero-order valence-corrected chi connectivity index (χ0v) is 7.04. The van der Waals surface area contributed by atoms with E-state index in [0.717, 1.165) is 13.0 Å². The van der Waals surface area contributed by atoms with Gasteiger partial charge in [0, 0.05) is 5.92 Å². The van der Waals surface area contributed by atoms with Crippen LogP contribution in [0.5, 0.6) is 0 Å². The van der Waals surface area contributed by atoms with Crippen LogP contribution in [0.1, 0.15) is 13.3 Å². The van der Waals surface area contributed by atoms with Crippen molar-refractivity contribution in [3.8, 4) is 0 Å². The van der Waals surface area contributed by atoms with Crippen LogP contribution in [0.4, 0.5) is 0 Å². The van der Waals surface area contributed by atoms with Gasteiger partial charge >= 0.3 is 0 Å². The van der Waals surface area contributed by atoms with Gasteiger partial charge in [-0.3, -0.25) is 0 Å². The number of thiocarbonyl (C=S) groups is 1. The van der Waals surface area contributed by atoms with Crippen molar-refractivity contribution in [2.24, 2.45) is 5.92 Å². The van der Waals surface area contributed by atoms with Gasteiger partial charge in [-0.2, -0.15) is 12.6 Å². The highest BCUT2D eigenvalue weighted by molar-refractivity contribution is 7.86. The Morgan fingerprint density at radius 3 is 2.78 bits per heavy atom. The quantitative estimate of drug-likeness (QED) is 0.464. The molecule has 2 atom stereocenters. The van der Waals surface area contributed by atoms with Crippen molar-refractivity contribution in [1.29, 1.82) is 0 Å². The van der Waals surface area contributed by atoms with Crippen LogP contribution in [0, 0.1) is 5.92 Å². The van der Waals surface area contributed by atoms with E-state index in [1.165, 1.54) is 0 Å². The molecule has 1 nitrogen and oxygen atoms in total. The molecule has 1 saturated heterocycles. The lowest BCUT2D eigenvalue weighted by Gasteiger charge is -2.05. The van der Waals surface area contributed by atoms with Crippen LogP contribution in [0.3, 0.4) is 0 Å². The van der Waals surface area contributed by atoms with Crippen molar-refractivity contribution in [3.63, 3.8) is 0 Å². The van der Waals surface area contributed by atoms with Crippen molar-refractivity contribution in [3.05, 3.63) is 0 Å². The van der Waals surface area contributed by atoms with E-state index < -0.39 is 0 Å². The molecule has 0 radical (unpaired) electrons. The summed E-state index contributed by atoms with van der Waals surface area (Å²) in [6.07, 6.45) is 1.11. The van der Waals surface area contributed by atoms with Crippen molar-refractivity contribution >= 4 is 29.9 Å². The van der Waals surface area contributed by atoms with Crippen molar-refractivity contribution in [2.75, 3.05) is 6.61 Å². The largest absolute Gasteiger partial charge is 0.486 e. The molecule has 52 valence electrons. The second-order valence-electron chi connectivity index (χ2n) is 2.24. The van der Waals surface area contributed by atoms with Crippen LogP contribution in [0.15, 0.2) is 0 Å². The molecule has 1 fully saturated rings. The molecule has 0 bridgehead atoms. The Balaban J connectivity index is 2.51. The molecule has 0 amide bonds. The second-order valence-corrected chi connectivity index (χ2v) is 3.20. The lowest BCUT2D eigenvalue weighted by Crippen LogP contribution is -2.13. The fourth-order valence-electron chi connectivity index (χ4n) is 0.899. The number of hydrogen-bond acceptors (Lipinski definition) is 3. The normalized spacial score (nSPS) is 34.7. The Morgan fingerprint density at radius 1 is 1.89 bits per heavy atom. The first kappa shape index (κ1) is 7.35. The second kappa shape index (κ2) is 2.88. The molecule has 0 aromatic carbocycles. The van der Waals surface area contributed by atoms with Crippen LogP contribution >= 0.6 is 24.8 Å². The molecule has 1 aliphatic rings. The summed E-state index contributed by atoms with van der Waals surface area (Å²) in [5.41, 5.74) is 0. The van der Waals surface area contributed by atoms with E-state index in [9.17, 15) is 0 Å². The maximum atomic E-state index is 5.12. The first-order valence-electron chi connectivity index (χ1n) is 3.10.